The Balaban J connectivity index is 1.88. The summed E-state index contributed by atoms with van der Waals surface area (Å²) < 4.78 is 15.3. The first kappa shape index (κ1) is 14.7. The monoisotopic (exact) mass is 340 g/mol. The lowest BCUT2D eigenvalue weighted by molar-refractivity contribution is 0.628. The highest BCUT2D eigenvalue weighted by Crippen LogP contribution is 2.28. The fourth-order valence-corrected chi connectivity index (χ4v) is 3.07. The molecule has 0 aliphatic carbocycles. The number of fused-ring (bicyclic) bond motifs is 2. The molecule has 0 atom stereocenters. The zero-order chi connectivity index (χ0) is 17.5. The average molecular weight is 340 g/mol. The van der Waals surface area contributed by atoms with Gasteiger partial charge in [0.1, 0.15) is 11.6 Å². The first-order chi connectivity index (χ1) is 12.8. The van der Waals surface area contributed by atoms with Crippen molar-refractivity contribution in [3.8, 4) is 17.1 Å². The summed E-state index contributed by atoms with van der Waals surface area (Å²) in [5.74, 6) is 0.402. The minimum absolute atomic E-state index is 0.280. The lowest BCUT2D eigenvalue weighted by atomic mass is 10.2. The number of nitrogens with zero attached hydrogens (tertiary/aromatic N) is 4. The Bertz CT molecular complexity index is 1230. The topological polar surface area (TPSA) is 43.6 Å². The smallest absolute Gasteiger partial charge is 0.199 e. The Hall–Kier alpha value is -3.60. The summed E-state index contributed by atoms with van der Waals surface area (Å²) in [6.07, 6.45) is 0. The highest BCUT2D eigenvalue weighted by atomic mass is 19.1. The fraction of sp³-hybridized carbons (Fsp3) is 0. The molecule has 4 nitrogen and oxygen atoms in total. The van der Waals surface area contributed by atoms with Crippen molar-refractivity contribution in [2.24, 2.45) is 0 Å². The van der Waals surface area contributed by atoms with E-state index in [1.54, 1.807) is 12.1 Å². The summed E-state index contributed by atoms with van der Waals surface area (Å²) >= 11 is 0. The molecule has 0 amide bonds. The van der Waals surface area contributed by atoms with Crippen LogP contribution in [0.25, 0.3) is 39.4 Å². The van der Waals surface area contributed by atoms with Gasteiger partial charge in [0.25, 0.3) is 0 Å². The van der Waals surface area contributed by atoms with E-state index in [1.165, 1.54) is 12.1 Å². The Morgan fingerprint density at radius 3 is 2.04 bits per heavy atom. The van der Waals surface area contributed by atoms with E-state index in [9.17, 15) is 4.39 Å². The molecule has 0 unspecified atom stereocenters. The summed E-state index contributed by atoms with van der Waals surface area (Å²) in [7, 11) is 0. The van der Waals surface area contributed by atoms with Gasteiger partial charge in [0, 0.05) is 11.3 Å². The molecule has 0 radical (unpaired) electrons. The molecule has 0 fully saturated rings. The van der Waals surface area contributed by atoms with Crippen LogP contribution in [-0.2, 0) is 0 Å². The molecule has 26 heavy (non-hydrogen) atoms. The first-order valence-corrected chi connectivity index (χ1v) is 8.26. The number of benzene rings is 3. The summed E-state index contributed by atoms with van der Waals surface area (Å²) in [4.78, 5) is 14.1. The maximum Gasteiger partial charge on any atom is 0.199 e. The van der Waals surface area contributed by atoms with Crippen molar-refractivity contribution in [3.63, 3.8) is 0 Å². The van der Waals surface area contributed by atoms with E-state index in [0.29, 0.717) is 17.1 Å². The average Bonchev–Trinajstić information content (AvgIpc) is 3.05. The molecule has 3 aromatic carbocycles. The van der Waals surface area contributed by atoms with Gasteiger partial charge in [-0.2, -0.15) is 0 Å². The van der Waals surface area contributed by atoms with Crippen molar-refractivity contribution in [2.75, 3.05) is 0 Å². The van der Waals surface area contributed by atoms with E-state index in [4.69, 9.17) is 9.97 Å². The van der Waals surface area contributed by atoms with Gasteiger partial charge in [0.15, 0.2) is 11.3 Å². The van der Waals surface area contributed by atoms with Crippen molar-refractivity contribution in [3.05, 3.63) is 84.7 Å². The van der Waals surface area contributed by atoms with E-state index in [2.05, 4.69) is 4.98 Å². The van der Waals surface area contributed by atoms with Gasteiger partial charge in [-0.05, 0) is 48.5 Å². The maximum absolute atomic E-state index is 13.4. The lowest BCUT2D eigenvalue weighted by Crippen LogP contribution is -1.99. The third kappa shape index (κ3) is 2.33. The van der Waals surface area contributed by atoms with Crippen LogP contribution in [0, 0.1) is 5.82 Å². The van der Waals surface area contributed by atoms with Crippen molar-refractivity contribution < 1.29 is 4.39 Å². The van der Waals surface area contributed by atoms with Gasteiger partial charge >= 0.3 is 0 Å². The lowest BCUT2D eigenvalue weighted by Gasteiger charge is -2.08. The second-order valence-corrected chi connectivity index (χ2v) is 5.97. The predicted octanol–water partition coefficient (Wildman–Crippen LogP) is 4.77. The zero-order valence-corrected chi connectivity index (χ0v) is 13.7. The summed E-state index contributed by atoms with van der Waals surface area (Å²) in [5, 5.41) is 0. The minimum Gasteiger partial charge on any atom is -0.275 e. The van der Waals surface area contributed by atoms with Crippen LogP contribution in [0.15, 0.2) is 78.9 Å². The molecule has 5 heteroatoms. The molecular weight excluding hydrogens is 327 g/mol. The van der Waals surface area contributed by atoms with E-state index in [-0.39, 0.29) is 5.82 Å². The molecule has 124 valence electrons. The van der Waals surface area contributed by atoms with Gasteiger partial charge in [0.05, 0.1) is 11.0 Å². The highest BCUT2D eigenvalue weighted by molar-refractivity contribution is 5.86. The van der Waals surface area contributed by atoms with Gasteiger partial charge in [-0.1, -0.05) is 30.3 Å². The SMILES string of the molecule is Fc1ccc(-c2nc3nc4ccccc4nc3n2-c2ccccc2)cc1. The second kappa shape index (κ2) is 5.74. The molecule has 0 bridgehead atoms. The van der Waals surface area contributed by atoms with E-state index in [0.717, 1.165) is 22.3 Å². The molecule has 0 saturated heterocycles. The Labute approximate surface area is 148 Å². The molecule has 2 heterocycles. The van der Waals surface area contributed by atoms with Crippen LogP contribution in [0.4, 0.5) is 4.39 Å². The molecule has 0 aliphatic rings. The molecule has 0 aliphatic heterocycles. The predicted molar refractivity (Wildman–Crippen MR) is 99.6 cm³/mol. The molecule has 0 saturated carbocycles. The molecular formula is C21H13FN4. The van der Waals surface area contributed by atoms with Gasteiger partial charge in [-0.15, -0.1) is 0 Å². The molecule has 0 spiro atoms. The van der Waals surface area contributed by atoms with Crippen molar-refractivity contribution in [2.45, 2.75) is 0 Å². The number of hydrogen-bond acceptors (Lipinski definition) is 3. The van der Waals surface area contributed by atoms with E-state index >= 15 is 0 Å². The molecule has 5 aromatic rings. The first-order valence-electron chi connectivity index (χ1n) is 8.26. The van der Waals surface area contributed by atoms with Crippen LogP contribution in [0.2, 0.25) is 0 Å². The molecule has 5 rings (SSSR count). The van der Waals surface area contributed by atoms with Crippen LogP contribution >= 0.6 is 0 Å². The molecule has 2 aromatic heterocycles. The van der Waals surface area contributed by atoms with E-state index in [1.807, 2.05) is 59.2 Å². The number of imidazole rings is 1. The summed E-state index contributed by atoms with van der Waals surface area (Å²) in [5.41, 5.74) is 4.57. The van der Waals surface area contributed by atoms with Crippen LogP contribution in [-0.4, -0.2) is 19.5 Å². The fourth-order valence-electron chi connectivity index (χ4n) is 3.07. The standard InChI is InChI=1S/C21H13FN4/c22-15-12-10-14(11-13-15)20-25-19-21(26(20)16-6-2-1-3-7-16)24-18-9-5-4-8-17(18)23-19/h1-13H. The van der Waals surface area contributed by atoms with Gasteiger partial charge in [-0.25, -0.2) is 19.3 Å². The number of para-hydroxylation sites is 3. The maximum atomic E-state index is 13.4. The van der Waals surface area contributed by atoms with Crippen LogP contribution in [0.5, 0.6) is 0 Å². The third-order valence-corrected chi connectivity index (χ3v) is 4.29. The minimum atomic E-state index is -0.280. The number of hydrogen-bond donors (Lipinski definition) is 0. The highest BCUT2D eigenvalue weighted by Gasteiger charge is 2.17. The van der Waals surface area contributed by atoms with E-state index < -0.39 is 0 Å². The largest absolute Gasteiger partial charge is 0.275 e. The van der Waals surface area contributed by atoms with Crippen LogP contribution in [0.1, 0.15) is 0 Å². The third-order valence-electron chi connectivity index (χ3n) is 4.29. The van der Waals surface area contributed by atoms with Gasteiger partial charge < -0.3 is 0 Å². The molecule has 0 N–H and O–H groups in total. The summed E-state index contributed by atoms with van der Waals surface area (Å²) in [6.45, 7) is 0. The van der Waals surface area contributed by atoms with Crippen LogP contribution < -0.4 is 0 Å². The quantitative estimate of drug-likeness (QED) is 0.465. The van der Waals surface area contributed by atoms with Gasteiger partial charge in [0.2, 0.25) is 0 Å². The summed E-state index contributed by atoms with van der Waals surface area (Å²) in [6, 6.07) is 23.9. The normalized spacial score (nSPS) is 11.3. The Kier molecular flexibility index (Phi) is 3.25. The Morgan fingerprint density at radius 1 is 0.654 bits per heavy atom. The van der Waals surface area contributed by atoms with Crippen molar-refractivity contribution in [1.29, 1.82) is 0 Å². The number of halogens is 1. The van der Waals surface area contributed by atoms with Gasteiger partial charge in [-0.3, -0.25) is 4.57 Å². The Morgan fingerprint density at radius 2 is 1.31 bits per heavy atom. The zero-order valence-electron chi connectivity index (χ0n) is 13.7. The number of aromatic nitrogens is 4. The number of rotatable bonds is 2. The van der Waals surface area contributed by atoms with Crippen molar-refractivity contribution in [1.82, 2.24) is 19.5 Å². The van der Waals surface area contributed by atoms with Crippen molar-refractivity contribution >= 4 is 22.3 Å². The van der Waals surface area contributed by atoms with Crippen LogP contribution in [0.3, 0.4) is 0 Å². The second-order valence-electron chi connectivity index (χ2n) is 5.97.